The van der Waals surface area contributed by atoms with Gasteiger partial charge in [-0.25, -0.2) is 17.9 Å². The van der Waals surface area contributed by atoms with Crippen molar-refractivity contribution in [1.29, 1.82) is 0 Å². The van der Waals surface area contributed by atoms with Crippen molar-refractivity contribution in [2.24, 2.45) is 10.7 Å². The van der Waals surface area contributed by atoms with Crippen molar-refractivity contribution >= 4 is 39.8 Å². The molecule has 0 radical (unpaired) electrons. The zero-order valence-electron chi connectivity index (χ0n) is 20.1. The van der Waals surface area contributed by atoms with Crippen LogP contribution in [0.1, 0.15) is 50.3 Å². The molecule has 1 aromatic carbocycles. The minimum absolute atomic E-state index is 0.112. The number of alkyl carbamates (subject to hydrolysis) is 1. The van der Waals surface area contributed by atoms with Gasteiger partial charge < -0.3 is 20.5 Å². The van der Waals surface area contributed by atoms with Gasteiger partial charge in [-0.3, -0.25) is 9.79 Å². The highest BCUT2D eigenvalue weighted by Gasteiger charge is 2.24. The summed E-state index contributed by atoms with van der Waals surface area (Å²) in [6.45, 7) is 10.4. The van der Waals surface area contributed by atoms with E-state index in [1.807, 2.05) is 0 Å². The Labute approximate surface area is 201 Å². The van der Waals surface area contributed by atoms with Crippen molar-refractivity contribution in [3.63, 3.8) is 0 Å². The number of hydrogen-bond donors (Lipinski definition) is 4. The van der Waals surface area contributed by atoms with Crippen LogP contribution in [0.4, 0.5) is 4.79 Å². The van der Waals surface area contributed by atoms with Gasteiger partial charge in [0.05, 0.1) is 12.0 Å². The molecule has 33 heavy (non-hydrogen) atoms. The Morgan fingerprint density at radius 1 is 1.21 bits per heavy atom. The fraction of sp³-hybridized carbons (Fsp3) is 0.571. The normalized spacial score (nSPS) is 13.3. The van der Waals surface area contributed by atoms with E-state index >= 15 is 0 Å². The Balaban J connectivity index is 2.79. The predicted octanol–water partition coefficient (Wildman–Crippen LogP) is 2.34. The first kappa shape index (κ1) is 28.6. The van der Waals surface area contributed by atoms with Gasteiger partial charge >= 0.3 is 6.09 Å². The molecule has 1 atom stereocenters. The molecule has 0 aromatic heterocycles. The lowest BCUT2D eigenvalue weighted by atomic mass is 10.1. The molecule has 1 amide bonds. The molecule has 0 aliphatic rings. The van der Waals surface area contributed by atoms with Crippen LogP contribution in [0.5, 0.6) is 5.75 Å². The van der Waals surface area contributed by atoms with Crippen LogP contribution in [0.15, 0.2) is 16.0 Å². The Hall–Kier alpha value is -2.47. The van der Waals surface area contributed by atoms with Crippen LogP contribution in [0, 0.1) is 20.8 Å². The zero-order valence-corrected chi connectivity index (χ0v) is 21.8. The number of carbonyl (C=O) groups is 2. The first-order chi connectivity index (χ1) is 15.1. The topological polar surface area (TPSA) is 149 Å². The summed E-state index contributed by atoms with van der Waals surface area (Å²) in [5.74, 6) is 0.315. The van der Waals surface area contributed by atoms with Crippen LogP contribution in [-0.4, -0.2) is 50.9 Å². The van der Waals surface area contributed by atoms with Crippen LogP contribution in [0.2, 0.25) is 0 Å². The summed E-state index contributed by atoms with van der Waals surface area (Å²) in [7, 11) is -2.45. The number of aryl methyl sites for hydroxylation is 1. The molecule has 0 aliphatic heterocycles. The van der Waals surface area contributed by atoms with Gasteiger partial charge in [0.15, 0.2) is 0 Å². The van der Waals surface area contributed by atoms with Crippen molar-refractivity contribution in [3.8, 4) is 5.75 Å². The molecule has 0 saturated heterocycles. The number of nitrogens with one attached hydrogen (secondary N) is 2. The van der Waals surface area contributed by atoms with Crippen LogP contribution in [0.3, 0.4) is 0 Å². The number of benzene rings is 1. The maximum Gasteiger partial charge on any atom is 0.408 e. The van der Waals surface area contributed by atoms with Crippen molar-refractivity contribution in [2.45, 2.75) is 70.9 Å². The number of aliphatic imine (C=N–C) groups is 1. The molecule has 12 heteroatoms. The Kier molecular flexibility index (Phi) is 10.0. The molecule has 1 aromatic rings. The van der Waals surface area contributed by atoms with Gasteiger partial charge in [0, 0.05) is 6.54 Å². The molecule has 0 aliphatic carbocycles. The SMILES string of the molecule is COc1cc(C)c(S(=O)(=O)NC(N)=NCCC[C@H](NC(=O)OC(C)(C)C)C(=O)S)c(C)c1C. The van der Waals surface area contributed by atoms with Gasteiger partial charge in [-0.1, -0.05) is 0 Å². The van der Waals surface area contributed by atoms with Gasteiger partial charge in [0.2, 0.25) is 11.1 Å². The number of methoxy groups -OCH3 is 1. The second-order valence-corrected chi connectivity index (χ2v) is 10.6. The first-order valence-corrected chi connectivity index (χ1v) is 12.2. The largest absolute Gasteiger partial charge is 0.496 e. The standard InChI is InChI=1S/C21H34N4O6S2/c1-12-11-16(30-7)13(2)14(3)17(12)33(28,29)25-19(22)23-10-8-9-15(18(26)32)24-20(27)31-21(4,5)6/h11,15H,8-10H2,1-7H3,(H,24,27)(H,26,32)(H3,22,23,25)/t15-/m0/s1. The Morgan fingerprint density at radius 3 is 2.33 bits per heavy atom. The van der Waals surface area contributed by atoms with Gasteiger partial charge in [0.1, 0.15) is 17.4 Å². The fourth-order valence-corrected chi connectivity index (χ4v) is 4.74. The number of nitrogens with zero attached hydrogens (tertiary/aromatic N) is 1. The molecule has 0 unspecified atom stereocenters. The molecule has 10 nitrogen and oxygen atoms in total. The third kappa shape index (κ3) is 8.77. The highest BCUT2D eigenvalue weighted by atomic mass is 32.2. The number of thiol groups is 1. The lowest BCUT2D eigenvalue weighted by molar-refractivity contribution is -0.112. The van der Waals surface area contributed by atoms with E-state index in [0.29, 0.717) is 28.9 Å². The van der Waals surface area contributed by atoms with Crippen molar-refractivity contribution in [3.05, 3.63) is 22.8 Å². The van der Waals surface area contributed by atoms with E-state index in [-0.39, 0.29) is 23.8 Å². The van der Waals surface area contributed by atoms with E-state index in [4.69, 9.17) is 15.2 Å². The fourth-order valence-electron chi connectivity index (χ4n) is 3.07. The second-order valence-electron chi connectivity index (χ2n) is 8.53. The number of guanidine groups is 1. The number of rotatable bonds is 9. The van der Waals surface area contributed by atoms with Gasteiger partial charge in [-0.05, 0) is 77.1 Å². The molecular formula is C21H34N4O6S2. The summed E-state index contributed by atoms with van der Waals surface area (Å²) in [5, 5.41) is 1.93. The lowest BCUT2D eigenvalue weighted by Crippen LogP contribution is -2.42. The van der Waals surface area contributed by atoms with Crippen LogP contribution in [0.25, 0.3) is 0 Å². The zero-order chi connectivity index (χ0) is 25.6. The van der Waals surface area contributed by atoms with E-state index < -0.39 is 32.9 Å². The minimum Gasteiger partial charge on any atom is -0.496 e. The quantitative estimate of drug-likeness (QED) is 0.175. The molecule has 0 spiro atoms. The van der Waals surface area contributed by atoms with Crippen LogP contribution in [-0.2, 0) is 19.6 Å². The van der Waals surface area contributed by atoms with E-state index in [2.05, 4.69) is 27.7 Å². The number of ether oxygens (including phenoxy) is 2. The maximum absolute atomic E-state index is 12.9. The highest BCUT2D eigenvalue weighted by molar-refractivity contribution is 7.96. The number of carbonyl (C=O) groups excluding carboxylic acids is 2. The van der Waals surface area contributed by atoms with Crippen LogP contribution < -0.4 is 20.5 Å². The summed E-state index contributed by atoms with van der Waals surface area (Å²) in [5.41, 5.74) is 6.85. The molecule has 1 rings (SSSR count). The molecule has 0 heterocycles. The van der Waals surface area contributed by atoms with Gasteiger partial charge in [0.25, 0.3) is 10.0 Å². The molecular weight excluding hydrogens is 468 g/mol. The van der Waals surface area contributed by atoms with E-state index in [9.17, 15) is 18.0 Å². The average Bonchev–Trinajstić information content (AvgIpc) is 2.64. The van der Waals surface area contributed by atoms with Crippen molar-refractivity contribution in [2.75, 3.05) is 13.7 Å². The minimum atomic E-state index is -3.97. The Morgan fingerprint density at radius 2 is 1.82 bits per heavy atom. The summed E-state index contributed by atoms with van der Waals surface area (Å²) in [6.07, 6.45) is -0.165. The van der Waals surface area contributed by atoms with E-state index in [1.165, 1.54) is 7.11 Å². The summed E-state index contributed by atoms with van der Waals surface area (Å²) >= 11 is 3.79. The lowest BCUT2D eigenvalue weighted by Gasteiger charge is -2.22. The molecule has 0 saturated carbocycles. The number of hydrogen-bond acceptors (Lipinski definition) is 7. The average molecular weight is 503 g/mol. The predicted molar refractivity (Wildman–Crippen MR) is 130 cm³/mol. The summed E-state index contributed by atoms with van der Waals surface area (Å²) in [6, 6.07) is 0.778. The van der Waals surface area contributed by atoms with Gasteiger partial charge in [-0.15, -0.1) is 12.6 Å². The maximum atomic E-state index is 12.9. The smallest absolute Gasteiger partial charge is 0.408 e. The van der Waals surface area contributed by atoms with Crippen molar-refractivity contribution in [1.82, 2.24) is 10.0 Å². The Bertz CT molecular complexity index is 1020. The number of sulfonamides is 1. The number of nitrogens with two attached hydrogens (primary N) is 1. The molecule has 4 N–H and O–H groups in total. The summed E-state index contributed by atoms with van der Waals surface area (Å²) in [4.78, 5) is 27.7. The molecule has 186 valence electrons. The van der Waals surface area contributed by atoms with E-state index in [1.54, 1.807) is 47.6 Å². The summed E-state index contributed by atoms with van der Waals surface area (Å²) < 4.78 is 38.4. The number of amides is 1. The first-order valence-electron chi connectivity index (χ1n) is 10.3. The molecule has 0 fully saturated rings. The third-order valence-corrected chi connectivity index (χ3v) is 6.58. The van der Waals surface area contributed by atoms with Crippen molar-refractivity contribution < 1.29 is 27.5 Å². The van der Waals surface area contributed by atoms with Crippen LogP contribution >= 0.6 is 12.6 Å². The third-order valence-electron chi connectivity index (χ3n) is 4.63. The second kappa shape index (κ2) is 11.6. The van der Waals surface area contributed by atoms with Gasteiger partial charge in [-0.2, -0.15) is 0 Å². The highest BCUT2D eigenvalue weighted by Crippen LogP contribution is 2.30. The molecule has 0 bridgehead atoms. The van der Waals surface area contributed by atoms with E-state index in [0.717, 1.165) is 0 Å². The monoisotopic (exact) mass is 502 g/mol.